The second-order valence-corrected chi connectivity index (χ2v) is 8.14. The largest absolute Gasteiger partial charge is 0.355 e. The molecule has 2 rings (SSSR count). The Morgan fingerprint density at radius 2 is 1.91 bits per heavy atom. The summed E-state index contributed by atoms with van der Waals surface area (Å²) in [7, 11) is -3.41. The predicted octanol–water partition coefficient (Wildman–Crippen LogP) is 2.03. The van der Waals surface area contributed by atoms with Crippen LogP contribution in [0.4, 0.5) is 0 Å². The van der Waals surface area contributed by atoms with E-state index in [1.165, 1.54) is 24.3 Å². The molecule has 1 amide bonds. The van der Waals surface area contributed by atoms with E-state index in [-0.39, 0.29) is 47.3 Å². The second-order valence-electron chi connectivity index (χ2n) is 5.60. The van der Waals surface area contributed by atoms with Gasteiger partial charge in [-0.15, -0.1) is 12.4 Å². The molecule has 1 saturated carbocycles. The Labute approximate surface area is 148 Å². The molecule has 8 heteroatoms. The van der Waals surface area contributed by atoms with E-state index < -0.39 is 9.84 Å². The molecule has 1 aliphatic carbocycles. The van der Waals surface area contributed by atoms with Crippen LogP contribution in [0, 0.1) is 11.8 Å². The molecule has 0 radical (unpaired) electrons. The number of sulfone groups is 1. The lowest BCUT2D eigenvalue weighted by Crippen LogP contribution is -2.37. The Kier molecular flexibility index (Phi) is 7.80. The first-order chi connectivity index (χ1) is 10.4. The Bertz CT molecular complexity index is 620. The van der Waals surface area contributed by atoms with E-state index in [0.717, 1.165) is 19.3 Å². The first-order valence-corrected chi connectivity index (χ1v) is 9.43. The van der Waals surface area contributed by atoms with Gasteiger partial charge in [0.2, 0.25) is 5.91 Å². The fourth-order valence-corrected chi connectivity index (χ4v) is 4.15. The summed E-state index contributed by atoms with van der Waals surface area (Å²) < 4.78 is 24.3. The SMILES string of the molecule is Cl.NC[C@H]1CCC[C@H]1C(=O)NCCS(=O)(=O)c1ccc(Cl)cc1. The molecule has 1 aliphatic rings. The van der Waals surface area contributed by atoms with Crippen molar-refractivity contribution in [2.75, 3.05) is 18.8 Å². The summed E-state index contributed by atoms with van der Waals surface area (Å²) in [5, 5.41) is 3.21. The van der Waals surface area contributed by atoms with Crippen LogP contribution in [-0.4, -0.2) is 33.2 Å². The van der Waals surface area contributed by atoms with Gasteiger partial charge in [0.25, 0.3) is 0 Å². The highest BCUT2D eigenvalue weighted by molar-refractivity contribution is 7.91. The Morgan fingerprint density at radius 1 is 1.26 bits per heavy atom. The van der Waals surface area contributed by atoms with E-state index in [9.17, 15) is 13.2 Å². The van der Waals surface area contributed by atoms with Gasteiger partial charge in [0.05, 0.1) is 10.6 Å². The quantitative estimate of drug-likeness (QED) is 0.789. The molecule has 0 aliphatic heterocycles. The average molecular weight is 381 g/mol. The number of hydrogen-bond acceptors (Lipinski definition) is 4. The van der Waals surface area contributed by atoms with Crippen LogP contribution in [0.25, 0.3) is 0 Å². The van der Waals surface area contributed by atoms with E-state index in [0.29, 0.717) is 11.6 Å². The van der Waals surface area contributed by atoms with Gasteiger partial charge in [0.1, 0.15) is 0 Å². The highest BCUT2D eigenvalue weighted by Crippen LogP contribution is 2.30. The van der Waals surface area contributed by atoms with E-state index in [1.54, 1.807) is 0 Å². The minimum atomic E-state index is -3.41. The van der Waals surface area contributed by atoms with Crippen molar-refractivity contribution in [2.24, 2.45) is 17.6 Å². The third-order valence-corrected chi connectivity index (χ3v) is 6.13. The van der Waals surface area contributed by atoms with Crippen molar-refractivity contribution >= 4 is 39.8 Å². The van der Waals surface area contributed by atoms with Gasteiger partial charge in [-0.25, -0.2) is 8.42 Å². The molecular formula is C15H22Cl2N2O3S. The van der Waals surface area contributed by atoms with E-state index in [1.807, 2.05) is 0 Å². The fraction of sp³-hybridized carbons (Fsp3) is 0.533. The molecule has 5 nitrogen and oxygen atoms in total. The fourth-order valence-electron chi connectivity index (χ4n) is 2.86. The summed E-state index contributed by atoms with van der Waals surface area (Å²) in [6, 6.07) is 6.02. The van der Waals surface area contributed by atoms with Crippen LogP contribution >= 0.6 is 24.0 Å². The molecular weight excluding hydrogens is 359 g/mol. The summed E-state index contributed by atoms with van der Waals surface area (Å²) >= 11 is 5.75. The van der Waals surface area contributed by atoms with Crippen LogP contribution in [-0.2, 0) is 14.6 Å². The number of halogens is 2. The average Bonchev–Trinajstić information content (AvgIpc) is 2.96. The minimum Gasteiger partial charge on any atom is -0.355 e. The van der Waals surface area contributed by atoms with Gasteiger partial charge in [0, 0.05) is 17.5 Å². The number of benzene rings is 1. The lowest BCUT2D eigenvalue weighted by Gasteiger charge is -2.17. The number of carbonyl (C=O) groups is 1. The van der Waals surface area contributed by atoms with Gasteiger partial charge in [0.15, 0.2) is 9.84 Å². The molecule has 0 unspecified atom stereocenters. The zero-order chi connectivity index (χ0) is 16.2. The minimum absolute atomic E-state index is 0. The molecule has 3 N–H and O–H groups in total. The lowest BCUT2D eigenvalue weighted by atomic mass is 9.95. The van der Waals surface area contributed by atoms with Gasteiger partial charge in [-0.3, -0.25) is 4.79 Å². The molecule has 0 aromatic heterocycles. The smallest absolute Gasteiger partial charge is 0.223 e. The van der Waals surface area contributed by atoms with Crippen LogP contribution in [0.5, 0.6) is 0 Å². The molecule has 130 valence electrons. The van der Waals surface area contributed by atoms with Crippen LogP contribution in [0.1, 0.15) is 19.3 Å². The Morgan fingerprint density at radius 3 is 2.52 bits per heavy atom. The number of hydrogen-bond donors (Lipinski definition) is 2. The molecule has 0 saturated heterocycles. The van der Waals surface area contributed by atoms with Gasteiger partial charge in [-0.05, 0) is 49.6 Å². The van der Waals surface area contributed by atoms with E-state index in [4.69, 9.17) is 17.3 Å². The van der Waals surface area contributed by atoms with E-state index >= 15 is 0 Å². The third-order valence-electron chi connectivity index (χ3n) is 4.14. The first-order valence-electron chi connectivity index (χ1n) is 7.40. The number of nitrogens with two attached hydrogens (primary N) is 1. The van der Waals surface area contributed by atoms with Crippen LogP contribution in [0.2, 0.25) is 5.02 Å². The maximum absolute atomic E-state index is 12.2. The standard InChI is InChI=1S/C15H21ClN2O3S.ClH/c16-12-4-6-13(7-5-12)22(20,21)9-8-18-15(19)14-3-1-2-11(14)10-17;/h4-7,11,14H,1-3,8-10,17H2,(H,18,19);1H/t11-,14-;/m1./s1. The molecule has 1 aromatic carbocycles. The number of carbonyl (C=O) groups excluding carboxylic acids is 1. The summed E-state index contributed by atoms with van der Waals surface area (Å²) in [5.74, 6) is -0.0734. The van der Waals surface area contributed by atoms with Crippen LogP contribution < -0.4 is 11.1 Å². The van der Waals surface area contributed by atoms with Gasteiger partial charge in [-0.2, -0.15) is 0 Å². The lowest BCUT2D eigenvalue weighted by molar-refractivity contribution is -0.125. The third kappa shape index (κ3) is 5.35. The summed E-state index contributed by atoms with van der Waals surface area (Å²) in [5.41, 5.74) is 5.66. The van der Waals surface area contributed by atoms with Crippen molar-refractivity contribution in [3.63, 3.8) is 0 Å². The molecule has 23 heavy (non-hydrogen) atoms. The Hall–Kier alpha value is -0.820. The van der Waals surface area contributed by atoms with Crippen molar-refractivity contribution in [2.45, 2.75) is 24.2 Å². The zero-order valence-electron chi connectivity index (χ0n) is 12.7. The van der Waals surface area contributed by atoms with Crippen molar-refractivity contribution in [3.05, 3.63) is 29.3 Å². The highest BCUT2D eigenvalue weighted by Gasteiger charge is 2.31. The van der Waals surface area contributed by atoms with Crippen molar-refractivity contribution in [3.8, 4) is 0 Å². The molecule has 1 fully saturated rings. The maximum Gasteiger partial charge on any atom is 0.223 e. The summed E-state index contributed by atoms with van der Waals surface area (Å²) in [6.07, 6.45) is 2.80. The van der Waals surface area contributed by atoms with Crippen molar-refractivity contribution in [1.82, 2.24) is 5.32 Å². The monoisotopic (exact) mass is 380 g/mol. The number of rotatable bonds is 6. The molecule has 2 atom stereocenters. The molecule has 0 bridgehead atoms. The normalized spacial score (nSPS) is 20.8. The highest BCUT2D eigenvalue weighted by atomic mass is 35.5. The number of amides is 1. The van der Waals surface area contributed by atoms with Crippen molar-refractivity contribution in [1.29, 1.82) is 0 Å². The van der Waals surface area contributed by atoms with Crippen LogP contribution in [0.3, 0.4) is 0 Å². The van der Waals surface area contributed by atoms with Crippen LogP contribution in [0.15, 0.2) is 29.2 Å². The maximum atomic E-state index is 12.2. The summed E-state index contributed by atoms with van der Waals surface area (Å²) in [6.45, 7) is 0.610. The predicted molar refractivity (Wildman–Crippen MR) is 93.6 cm³/mol. The van der Waals surface area contributed by atoms with Gasteiger partial charge < -0.3 is 11.1 Å². The summed E-state index contributed by atoms with van der Waals surface area (Å²) in [4.78, 5) is 12.3. The molecule has 0 spiro atoms. The first kappa shape index (κ1) is 20.2. The number of nitrogens with one attached hydrogen (secondary N) is 1. The molecule has 0 heterocycles. The Balaban J connectivity index is 0.00000264. The zero-order valence-corrected chi connectivity index (χ0v) is 15.1. The van der Waals surface area contributed by atoms with E-state index in [2.05, 4.69) is 5.32 Å². The second kappa shape index (κ2) is 8.87. The van der Waals surface area contributed by atoms with Crippen molar-refractivity contribution < 1.29 is 13.2 Å². The van der Waals surface area contributed by atoms with Gasteiger partial charge >= 0.3 is 0 Å². The molecule has 1 aromatic rings. The van der Waals surface area contributed by atoms with Gasteiger partial charge in [-0.1, -0.05) is 18.0 Å². The topological polar surface area (TPSA) is 89.3 Å².